The van der Waals surface area contributed by atoms with Crippen LogP contribution in [0, 0.1) is 11.3 Å². The molecule has 1 saturated heterocycles. The van der Waals surface area contributed by atoms with Crippen molar-refractivity contribution in [1.29, 1.82) is 0 Å². The molecule has 1 fully saturated rings. The van der Waals surface area contributed by atoms with E-state index in [0.29, 0.717) is 19.3 Å². The summed E-state index contributed by atoms with van der Waals surface area (Å²) in [4.78, 5) is 34.6. The second-order valence-corrected chi connectivity index (χ2v) is 5.17. The maximum absolute atomic E-state index is 12.0. The van der Waals surface area contributed by atoms with Gasteiger partial charge in [-0.1, -0.05) is 6.08 Å². The van der Waals surface area contributed by atoms with Crippen LogP contribution in [0.25, 0.3) is 0 Å². The highest BCUT2D eigenvalue weighted by atomic mass is 16.6. The number of hydrogen-bond donors (Lipinski definition) is 0. The lowest BCUT2D eigenvalue weighted by molar-refractivity contribution is -0.176. The van der Waals surface area contributed by atoms with Crippen molar-refractivity contribution in [3.05, 3.63) is 12.2 Å². The topological polar surface area (TPSA) is 78.9 Å². The molecule has 0 aromatic heterocycles. The van der Waals surface area contributed by atoms with Gasteiger partial charge in [0.2, 0.25) is 0 Å². The van der Waals surface area contributed by atoms with Crippen LogP contribution in [0.1, 0.15) is 26.2 Å². The maximum Gasteiger partial charge on any atom is 0.321 e. The molecule has 2 bridgehead atoms. The minimum atomic E-state index is -0.931. The Balaban J connectivity index is 2.08. The summed E-state index contributed by atoms with van der Waals surface area (Å²) < 4.78 is 14.8. The zero-order valence-corrected chi connectivity index (χ0v) is 11.6. The van der Waals surface area contributed by atoms with E-state index in [-0.39, 0.29) is 18.7 Å². The Hall–Kier alpha value is -1.85. The third-order valence-electron chi connectivity index (χ3n) is 3.83. The van der Waals surface area contributed by atoms with Gasteiger partial charge in [0.05, 0.1) is 13.7 Å². The predicted molar refractivity (Wildman–Crippen MR) is 67.4 cm³/mol. The van der Waals surface area contributed by atoms with Gasteiger partial charge in [0.25, 0.3) is 0 Å². The molecule has 0 aromatic carbocycles. The van der Waals surface area contributed by atoms with Crippen molar-refractivity contribution in [2.45, 2.75) is 32.3 Å². The molecule has 110 valence electrons. The number of ether oxygens (including phenoxy) is 3. The summed E-state index contributed by atoms with van der Waals surface area (Å²) >= 11 is 0. The summed E-state index contributed by atoms with van der Waals surface area (Å²) in [6.07, 6.45) is 5.15. The lowest BCUT2D eigenvalue weighted by Crippen LogP contribution is -2.46. The van der Waals surface area contributed by atoms with Gasteiger partial charge in [-0.3, -0.25) is 14.4 Å². The van der Waals surface area contributed by atoms with Crippen LogP contribution in [0.15, 0.2) is 12.2 Å². The van der Waals surface area contributed by atoms with Crippen LogP contribution in [0.5, 0.6) is 0 Å². The molecule has 6 heteroatoms. The summed E-state index contributed by atoms with van der Waals surface area (Å²) in [5.41, 5.74) is -0.576. The first-order valence-corrected chi connectivity index (χ1v) is 6.59. The Kier molecular flexibility index (Phi) is 4.11. The van der Waals surface area contributed by atoms with Gasteiger partial charge < -0.3 is 14.2 Å². The molecule has 0 saturated carbocycles. The molecular formula is C14H18O6. The fraction of sp³-hybridized carbons (Fsp3) is 0.643. The molecular weight excluding hydrogens is 264 g/mol. The molecule has 2 aliphatic rings. The molecule has 3 atom stereocenters. The molecule has 1 aliphatic carbocycles. The molecule has 0 aromatic rings. The minimum Gasteiger partial charge on any atom is -0.468 e. The Morgan fingerprint density at radius 1 is 1.50 bits per heavy atom. The number of allylic oxidation sites excluding steroid dienone is 1. The molecule has 20 heavy (non-hydrogen) atoms. The largest absolute Gasteiger partial charge is 0.468 e. The number of esters is 3. The number of methoxy groups -OCH3 is 1. The molecule has 2 rings (SSSR count). The molecule has 0 spiro atoms. The first-order chi connectivity index (χ1) is 9.48. The van der Waals surface area contributed by atoms with Crippen molar-refractivity contribution >= 4 is 17.9 Å². The Morgan fingerprint density at radius 3 is 2.90 bits per heavy atom. The van der Waals surface area contributed by atoms with E-state index < -0.39 is 23.3 Å². The van der Waals surface area contributed by atoms with Crippen LogP contribution in [-0.4, -0.2) is 37.7 Å². The van der Waals surface area contributed by atoms with Gasteiger partial charge in [0.15, 0.2) is 5.92 Å². The third-order valence-corrected chi connectivity index (χ3v) is 3.83. The Morgan fingerprint density at radius 2 is 2.25 bits per heavy atom. The van der Waals surface area contributed by atoms with Gasteiger partial charge in [0, 0.05) is 12.3 Å². The van der Waals surface area contributed by atoms with Crippen molar-refractivity contribution in [3.8, 4) is 0 Å². The van der Waals surface area contributed by atoms with Crippen LogP contribution >= 0.6 is 0 Å². The van der Waals surface area contributed by atoms with Crippen LogP contribution < -0.4 is 0 Å². The van der Waals surface area contributed by atoms with Crippen LogP contribution in [0.3, 0.4) is 0 Å². The highest BCUT2D eigenvalue weighted by Crippen LogP contribution is 2.49. The van der Waals surface area contributed by atoms with E-state index in [2.05, 4.69) is 0 Å². The van der Waals surface area contributed by atoms with E-state index in [4.69, 9.17) is 14.2 Å². The third kappa shape index (κ3) is 2.69. The lowest BCUT2D eigenvalue weighted by Gasteiger charge is -2.37. The second-order valence-electron chi connectivity index (χ2n) is 5.17. The van der Waals surface area contributed by atoms with Gasteiger partial charge in [0.1, 0.15) is 6.10 Å². The molecule has 1 unspecified atom stereocenters. The number of fused-ring (bicyclic) bond motifs is 2. The predicted octanol–water partition coefficient (Wildman–Crippen LogP) is 0.991. The number of carbonyl (C=O) groups is 3. The lowest BCUT2D eigenvalue weighted by atomic mass is 9.70. The summed E-state index contributed by atoms with van der Waals surface area (Å²) in [5.74, 6) is -2.38. The monoisotopic (exact) mass is 282 g/mol. The number of carbonyl (C=O) groups excluding carboxylic acids is 3. The average molecular weight is 282 g/mol. The van der Waals surface area contributed by atoms with E-state index in [0.717, 1.165) is 0 Å². The highest BCUT2D eigenvalue weighted by Gasteiger charge is 2.54. The zero-order valence-electron chi connectivity index (χ0n) is 11.6. The van der Waals surface area contributed by atoms with Crippen molar-refractivity contribution in [2.24, 2.45) is 11.3 Å². The molecule has 0 amide bonds. The molecule has 1 aliphatic heterocycles. The van der Waals surface area contributed by atoms with Gasteiger partial charge in [-0.25, -0.2) is 0 Å². The van der Waals surface area contributed by atoms with Crippen LogP contribution in [0.2, 0.25) is 0 Å². The molecule has 6 nitrogen and oxygen atoms in total. The van der Waals surface area contributed by atoms with Gasteiger partial charge >= 0.3 is 17.9 Å². The van der Waals surface area contributed by atoms with E-state index in [1.165, 1.54) is 14.0 Å². The summed E-state index contributed by atoms with van der Waals surface area (Å²) in [6.45, 7) is 1.62. The van der Waals surface area contributed by atoms with Crippen molar-refractivity contribution < 1.29 is 28.6 Å². The smallest absolute Gasteiger partial charge is 0.321 e. The van der Waals surface area contributed by atoms with Gasteiger partial charge in [-0.2, -0.15) is 0 Å². The summed E-state index contributed by atoms with van der Waals surface area (Å²) in [7, 11) is 1.26. The van der Waals surface area contributed by atoms with Crippen LogP contribution in [-0.2, 0) is 28.6 Å². The minimum absolute atomic E-state index is 0.267. The molecule has 1 heterocycles. The first kappa shape index (κ1) is 14.6. The number of rotatable bonds is 5. The standard InChI is InChI=1S/C14H18O6/c1-9(15)19-7-3-5-14-6-4-10(8-14)20-13(17)11(14)12(16)18-2/h4,6,10-11H,3,5,7-8H2,1-2H3/t10-,11?,14-/m1/s1. The fourth-order valence-electron chi connectivity index (χ4n) is 2.95. The van der Waals surface area contributed by atoms with E-state index in [9.17, 15) is 14.4 Å². The number of hydrogen-bond acceptors (Lipinski definition) is 6. The second kappa shape index (κ2) is 5.64. The van der Waals surface area contributed by atoms with E-state index in [1.807, 2.05) is 12.2 Å². The SMILES string of the molecule is COC(=O)C1C(=O)O[C@@H]2C=C[C@]1(CCCOC(C)=O)C2. The van der Waals surface area contributed by atoms with Crippen LogP contribution in [0.4, 0.5) is 0 Å². The Bertz CT molecular complexity index is 455. The van der Waals surface area contributed by atoms with Crippen molar-refractivity contribution in [2.75, 3.05) is 13.7 Å². The van der Waals surface area contributed by atoms with Gasteiger partial charge in [-0.15, -0.1) is 0 Å². The molecule has 0 N–H and O–H groups in total. The summed E-state index contributed by atoms with van der Waals surface area (Å²) in [5, 5.41) is 0. The Labute approximate surface area is 117 Å². The quantitative estimate of drug-likeness (QED) is 0.246. The van der Waals surface area contributed by atoms with E-state index >= 15 is 0 Å². The zero-order chi connectivity index (χ0) is 14.8. The summed E-state index contributed by atoms with van der Waals surface area (Å²) in [6, 6.07) is 0. The van der Waals surface area contributed by atoms with Gasteiger partial charge in [-0.05, 0) is 25.3 Å². The molecule has 0 radical (unpaired) electrons. The maximum atomic E-state index is 12.0. The fourth-order valence-corrected chi connectivity index (χ4v) is 2.95. The van der Waals surface area contributed by atoms with Crippen molar-refractivity contribution in [1.82, 2.24) is 0 Å². The average Bonchev–Trinajstić information content (AvgIpc) is 2.73. The highest BCUT2D eigenvalue weighted by molar-refractivity contribution is 5.97. The van der Waals surface area contributed by atoms with Crippen molar-refractivity contribution in [3.63, 3.8) is 0 Å². The van der Waals surface area contributed by atoms with E-state index in [1.54, 1.807) is 0 Å². The first-order valence-electron chi connectivity index (χ1n) is 6.59. The normalized spacial score (nSPS) is 30.8.